The number of hydrogen-bond acceptors (Lipinski definition) is 7. The molecule has 0 aromatic heterocycles. The van der Waals surface area contributed by atoms with E-state index in [1.54, 1.807) is 11.8 Å². The van der Waals surface area contributed by atoms with Crippen LogP contribution in [0.25, 0.3) is 32.3 Å². The number of hydrogen-bond donors (Lipinski definition) is 0. The van der Waals surface area contributed by atoms with E-state index in [0.29, 0.717) is 12.8 Å². The molecular weight excluding hydrogens is 700 g/mol. The lowest BCUT2D eigenvalue weighted by molar-refractivity contribution is -0.177. The molecule has 53 heavy (non-hydrogen) atoms. The second-order valence-corrected chi connectivity index (χ2v) is 19.2. The van der Waals surface area contributed by atoms with Crippen molar-refractivity contribution in [3.8, 4) is 0 Å². The third-order valence-corrected chi connectivity index (χ3v) is 13.3. The molecule has 8 rings (SSSR count). The Morgan fingerprint density at radius 3 is 2.02 bits per heavy atom. The fourth-order valence-electron chi connectivity index (χ4n) is 7.73. The monoisotopic (exact) mass is 746 g/mol. The molecule has 6 aromatic rings. The van der Waals surface area contributed by atoms with Gasteiger partial charge in [-0.2, -0.15) is 0 Å². The van der Waals surface area contributed by atoms with E-state index in [-0.39, 0.29) is 22.8 Å². The zero-order valence-corrected chi connectivity index (χ0v) is 32.7. The van der Waals surface area contributed by atoms with Crippen LogP contribution in [0.3, 0.4) is 0 Å². The predicted molar refractivity (Wildman–Crippen MR) is 218 cm³/mol. The molecule has 2 heterocycles. The first kappa shape index (κ1) is 36.4. The molecule has 8 heteroatoms. The third-order valence-electron chi connectivity index (χ3n) is 9.96. The molecule has 2 fully saturated rings. The lowest BCUT2D eigenvalue weighted by Crippen LogP contribution is -2.58. The Kier molecular flexibility index (Phi) is 10.3. The Morgan fingerprint density at radius 1 is 0.755 bits per heavy atom. The largest absolute Gasteiger partial charge is 0.463 e. The van der Waals surface area contributed by atoms with Crippen LogP contribution < -0.4 is 10.6 Å². The van der Waals surface area contributed by atoms with Gasteiger partial charge in [-0.3, -0.25) is 4.79 Å². The summed E-state index contributed by atoms with van der Waals surface area (Å²) in [6, 6.07) is 40.4. The molecule has 2 saturated heterocycles. The summed E-state index contributed by atoms with van der Waals surface area (Å²) < 4.78 is 33.0. The van der Waals surface area contributed by atoms with Gasteiger partial charge in [0.1, 0.15) is 36.5 Å². The van der Waals surface area contributed by atoms with Crippen LogP contribution in [-0.2, 0) is 34.7 Å². The first-order valence-corrected chi connectivity index (χ1v) is 20.7. The summed E-state index contributed by atoms with van der Waals surface area (Å²) in [4.78, 5) is 13.3. The summed E-state index contributed by atoms with van der Waals surface area (Å²) >= 11 is 1.71. The number of esters is 1. The molecular formula is C45H47O6PS. The molecule has 0 aliphatic carbocycles. The minimum absolute atomic E-state index is 0.0816. The Hall–Kier alpha value is -3.55. The van der Waals surface area contributed by atoms with Crippen molar-refractivity contribution in [2.24, 2.45) is 0 Å². The molecule has 0 unspecified atom stereocenters. The minimum atomic E-state index is -1.19. The fraction of sp³-hybridized carbons (Fsp3) is 0.356. The molecule has 2 aliphatic rings. The smallest absolute Gasteiger partial charge is 0.305 e. The van der Waals surface area contributed by atoms with Gasteiger partial charge in [-0.15, -0.1) is 11.8 Å². The van der Waals surface area contributed by atoms with Gasteiger partial charge >= 0.3 is 5.97 Å². The van der Waals surface area contributed by atoms with E-state index in [4.69, 9.17) is 23.5 Å². The summed E-state index contributed by atoms with van der Waals surface area (Å²) in [5, 5.41) is 9.84. The van der Waals surface area contributed by atoms with Crippen LogP contribution in [0.5, 0.6) is 0 Å². The van der Waals surface area contributed by atoms with Gasteiger partial charge in [-0.05, 0) is 64.6 Å². The normalized spacial score (nSPS) is 22.9. The number of benzene rings is 6. The molecule has 6 nitrogen and oxygen atoms in total. The Labute approximate surface area is 317 Å². The highest BCUT2D eigenvalue weighted by atomic mass is 32.2. The molecule has 0 saturated carbocycles. The van der Waals surface area contributed by atoms with Crippen molar-refractivity contribution < 1.29 is 28.3 Å². The van der Waals surface area contributed by atoms with Gasteiger partial charge in [0, 0.05) is 21.8 Å². The molecule has 0 N–H and O–H groups in total. The predicted octanol–water partition coefficient (Wildman–Crippen LogP) is 9.66. The van der Waals surface area contributed by atoms with Crippen molar-refractivity contribution in [3.05, 3.63) is 121 Å². The first-order chi connectivity index (χ1) is 25.5. The maximum Gasteiger partial charge on any atom is 0.305 e. The van der Waals surface area contributed by atoms with Crippen molar-refractivity contribution in [3.63, 3.8) is 0 Å². The van der Waals surface area contributed by atoms with E-state index in [0.717, 1.165) is 17.0 Å². The maximum atomic E-state index is 13.3. The molecule has 6 aromatic carbocycles. The molecule has 5 atom stereocenters. The average Bonchev–Trinajstić information content (AvgIpc) is 3.48. The zero-order chi connectivity index (χ0) is 36.7. The van der Waals surface area contributed by atoms with E-state index in [1.165, 1.54) is 37.9 Å². The fourth-order valence-corrected chi connectivity index (χ4v) is 11.0. The standard InChI is InChI=1S/C45H47O6PS/c1-44(2,3)53-43-42(51-52(33-17-8-6-9-18-33)34-19-10-7-11-20-34)41-40(49-45(4,5)50-41)36(48-43)28-47-37(46)21-13-14-29-22-23-32-25-24-30-15-12-16-31-26-27-35(29)39(32)38(30)31/h6-12,15-20,22-27,36,40-43H,13-14,21,28H2,1-5H3/t36-,40+,41+,42-,43+/m1/s1. The highest BCUT2D eigenvalue weighted by molar-refractivity contribution is 8.01. The summed E-state index contributed by atoms with van der Waals surface area (Å²) in [5.41, 5.74) is 0.865. The Bertz CT molecular complexity index is 2130. The molecule has 274 valence electrons. The summed E-state index contributed by atoms with van der Waals surface area (Å²) in [5.74, 6) is -1.09. The topological polar surface area (TPSA) is 63.2 Å². The van der Waals surface area contributed by atoms with Crippen molar-refractivity contribution >= 4 is 68.8 Å². The Balaban J connectivity index is 0.973. The van der Waals surface area contributed by atoms with Crippen molar-refractivity contribution in [1.82, 2.24) is 0 Å². The summed E-state index contributed by atoms with van der Waals surface area (Å²) in [6.45, 7) is 10.5. The number of aryl methyl sites for hydroxylation is 1. The molecule has 0 spiro atoms. The molecule has 0 bridgehead atoms. The van der Waals surface area contributed by atoms with Crippen molar-refractivity contribution in [1.29, 1.82) is 0 Å². The lowest BCUT2D eigenvalue weighted by Gasteiger charge is -2.44. The van der Waals surface area contributed by atoms with Crippen LogP contribution in [0.1, 0.15) is 53.0 Å². The van der Waals surface area contributed by atoms with Crippen LogP contribution >= 0.6 is 19.9 Å². The molecule has 0 radical (unpaired) electrons. The second-order valence-electron chi connectivity index (χ2n) is 15.5. The number of carbonyl (C=O) groups excluding carboxylic acids is 1. The SMILES string of the molecule is CC1(C)O[C@H]2[C@@H](O1)[C@@H](COC(=O)CCCc1ccc3ccc4cccc5ccc1c3c45)O[C@@H](SC(C)(C)C)[C@@H]2OP(c1ccccc1)c1ccccc1. The molecule has 0 amide bonds. The van der Waals surface area contributed by atoms with Gasteiger partial charge in [0.25, 0.3) is 0 Å². The van der Waals surface area contributed by atoms with Gasteiger partial charge in [0.15, 0.2) is 5.79 Å². The lowest BCUT2D eigenvalue weighted by atomic mass is 9.90. The van der Waals surface area contributed by atoms with Crippen LogP contribution in [0.15, 0.2) is 115 Å². The Morgan fingerprint density at radius 2 is 1.36 bits per heavy atom. The highest BCUT2D eigenvalue weighted by Crippen LogP contribution is 2.49. The van der Waals surface area contributed by atoms with Gasteiger partial charge < -0.3 is 23.5 Å². The maximum absolute atomic E-state index is 13.3. The van der Waals surface area contributed by atoms with E-state index >= 15 is 0 Å². The van der Waals surface area contributed by atoms with Crippen LogP contribution in [0, 0.1) is 0 Å². The van der Waals surface area contributed by atoms with E-state index in [2.05, 4.69) is 99.6 Å². The minimum Gasteiger partial charge on any atom is -0.463 e. The van der Waals surface area contributed by atoms with Crippen LogP contribution in [0.2, 0.25) is 0 Å². The average molecular weight is 747 g/mol. The quantitative estimate of drug-likeness (QED) is 0.0744. The number of ether oxygens (including phenoxy) is 4. The highest BCUT2D eigenvalue weighted by Gasteiger charge is 2.57. The number of carbonyl (C=O) groups is 1. The van der Waals surface area contributed by atoms with Gasteiger partial charge in [0.2, 0.25) is 0 Å². The third kappa shape index (κ3) is 7.84. The second kappa shape index (κ2) is 14.9. The number of rotatable bonds is 11. The number of thioether (sulfide) groups is 1. The summed E-state index contributed by atoms with van der Waals surface area (Å²) in [6.07, 6.45) is -0.0511. The number of fused-ring (bicyclic) bond motifs is 1. The van der Waals surface area contributed by atoms with E-state index in [1.807, 2.05) is 50.2 Å². The van der Waals surface area contributed by atoms with Gasteiger partial charge in [-0.1, -0.05) is 136 Å². The van der Waals surface area contributed by atoms with E-state index < -0.39 is 38.4 Å². The summed E-state index contributed by atoms with van der Waals surface area (Å²) in [7, 11) is -1.19. The van der Waals surface area contributed by atoms with E-state index in [9.17, 15) is 4.79 Å². The van der Waals surface area contributed by atoms with Crippen LogP contribution in [0.4, 0.5) is 0 Å². The van der Waals surface area contributed by atoms with Crippen molar-refractivity contribution in [2.75, 3.05) is 6.61 Å². The molecule has 2 aliphatic heterocycles. The van der Waals surface area contributed by atoms with Gasteiger partial charge in [-0.25, -0.2) is 0 Å². The van der Waals surface area contributed by atoms with Crippen LogP contribution in [-0.4, -0.2) is 53.0 Å². The first-order valence-electron chi connectivity index (χ1n) is 18.6. The van der Waals surface area contributed by atoms with Gasteiger partial charge in [0.05, 0.1) is 8.15 Å². The zero-order valence-electron chi connectivity index (χ0n) is 31.0. The van der Waals surface area contributed by atoms with Crippen molar-refractivity contribution in [2.45, 2.75) is 94.3 Å².